The maximum atomic E-state index is 9.10. The van der Waals surface area contributed by atoms with Crippen LogP contribution in [0.5, 0.6) is 0 Å². The summed E-state index contributed by atoms with van der Waals surface area (Å²) in [6, 6.07) is 5.75. The van der Waals surface area contributed by atoms with Crippen LogP contribution in [0.4, 0.5) is 0 Å². The van der Waals surface area contributed by atoms with Crippen LogP contribution in [0.1, 0.15) is 24.0 Å². The average molecular weight is 214 g/mol. The number of aliphatic hydroxyl groups is 1. The fourth-order valence-electron chi connectivity index (χ4n) is 1.51. The molecule has 0 heterocycles. The summed E-state index contributed by atoms with van der Waals surface area (Å²) in [7, 11) is 0. The van der Waals surface area contributed by atoms with Crippen molar-refractivity contribution < 1.29 is 5.11 Å². The maximum Gasteiger partial charge on any atom is 0.0497 e. The van der Waals surface area contributed by atoms with Crippen LogP contribution in [-0.4, -0.2) is 18.3 Å². The highest BCUT2D eigenvalue weighted by molar-refractivity contribution is 6.30. The first kappa shape index (κ1) is 11.5. The van der Waals surface area contributed by atoms with E-state index in [9.17, 15) is 0 Å². The molecule has 0 aromatic heterocycles. The molecule has 0 amide bonds. The van der Waals surface area contributed by atoms with Crippen LogP contribution in [0.3, 0.4) is 0 Å². The molecule has 0 bridgehead atoms. The molecule has 0 unspecified atom stereocenters. The van der Waals surface area contributed by atoms with Crippen molar-refractivity contribution in [2.45, 2.75) is 19.3 Å². The van der Waals surface area contributed by atoms with E-state index in [2.05, 4.69) is 0 Å². The number of nitrogens with two attached hydrogens (primary N) is 1. The number of hydrogen-bond acceptors (Lipinski definition) is 2. The molecule has 1 atom stereocenters. The molecule has 0 saturated heterocycles. The smallest absolute Gasteiger partial charge is 0.0497 e. The topological polar surface area (TPSA) is 46.2 Å². The van der Waals surface area contributed by atoms with Crippen LogP contribution in [0.2, 0.25) is 5.02 Å². The van der Waals surface area contributed by atoms with Crippen molar-refractivity contribution in [2.24, 2.45) is 5.73 Å². The zero-order chi connectivity index (χ0) is 10.6. The fourth-order valence-corrected chi connectivity index (χ4v) is 1.69. The number of hydrogen-bond donors (Lipinski definition) is 2. The second kappa shape index (κ2) is 5.35. The monoisotopic (exact) mass is 213 g/mol. The van der Waals surface area contributed by atoms with Crippen molar-refractivity contribution in [3.63, 3.8) is 0 Å². The Hall–Kier alpha value is -0.570. The van der Waals surface area contributed by atoms with Gasteiger partial charge in [-0.1, -0.05) is 24.6 Å². The molecule has 3 N–H and O–H groups in total. The number of aliphatic hydroxyl groups excluding tert-OH is 1. The Balaban J connectivity index is 3.02. The van der Waals surface area contributed by atoms with Gasteiger partial charge in [0.2, 0.25) is 0 Å². The van der Waals surface area contributed by atoms with Gasteiger partial charge in [0.25, 0.3) is 0 Å². The zero-order valence-electron chi connectivity index (χ0n) is 8.33. The van der Waals surface area contributed by atoms with Crippen molar-refractivity contribution in [1.29, 1.82) is 0 Å². The van der Waals surface area contributed by atoms with Gasteiger partial charge < -0.3 is 10.8 Å². The molecule has 0 radical (unpaired) electrons. The molecule has 78 valence electrons. The van der Waals surface area contributed by atoms with Crippen LogP contribution < -0.4 is 5.73 Å². The summed E-state index contributed by atoms with van der Waals surface area (Å²) >= 11 is 5.91. The van der Waals surface area contributed by atoms with Crippen molar-refractivity contribution in [2.75, 3.05) is 13.2 Å². The Kier molecular flexibility index (Phi) is 4.39. The molecule has 0 spiro atoms. The molecular formula is C11H16ClNO. The van der Waals surface area contributed by atoms with Crippen LogP contribution in [0, 0.1) is 0 Å². The summed E-state index contributed by atoms with van der Waals surface area (Å²) in [5, 5.41) is 9.81. The summed E-state index contributed by atoms with van der Waals surface area (Å²) < 4.78 is 0. The number of halogens is 1. The third-order valence-corrected chi connectivity index (χ3v) is 2.56. The minimum atomic E-state index is 0.121. The van der Waals surface area contributed by atoms with Gasteiger partial charge in [-0.2, -0.15) is 0 Å². The van der Waals surface area contributed by atoms with Crippen LogP contribution >= 0.6 is 11.6 Å². The van der Waals surface area contributed by atoms with Crippen molar-refractivity contribution in [1.82, 2.24) is 0 Å². The fraction of sp³-hybridized carbons (Fsp3) is 0.455. The average Bonchev–Trinajstić information content (AvgIpc) is 2.20. The van der Waals surface area contributed by atoms with Gasteiger partial charge >= 0.3 is 0 Å². The molecule has 1 aromatic rings. The number of benzene rings is 1. The third kappa shape index (κ3) is 2.71. The van der Waals surface area contributed by atoms with Gasteiger partial charge in [0.1, 0.15) is 0 Å². The summed E-state index contributed by atoms with van der Waals surface area (Å²) in [6.07, 6.45) is 0.830. The summed E-state index contributed by atoms with van der Waals surface area (Å²) in [4.78, 5) is 0. The van der Waals surface area contributed by atoms with Gasteiger partial charge in [-0.25, -0.2) is 0 Å². The van der Waals surface area contributed by atoms with E-state index >= 15 is 0 Å². The van der Waals surface area contributed by atoms with E-state index in [1.165, 1.54) is 5.56 Å². The van der Waals surface area contributed by atoms with Crippen molar-refractivity contribution in [3.8, 4) is 0 Å². The SMILES string of the molecule is C[C@@H](CO)c1cc(Cl)ccc1CCN. The molecule has 1 aromatic carbocycles. The Bertz CT molecular complexity index is 301. The largest absolute Gasteiger partial charge is 0.396 e. The summed E-state index contributed by atoms with van der Waals surface area (Å²) in [5.74, 6) is 0.121. The van der Waals surface area contributed by atoms with E-state index < -0.39 is 0 Å². The van der Waals surface area contributed by atoms with E-state index in [4.69, 9.17) is 22.4 Å². The van der Waals surface area contributed by atoms with E-state index in [1.807, 2.05) is 25.1 Å². The normalized spacial score (nSPS) is 12.9. The predicted molar refractivity (Wildman–Crippen MR) is 59.7 cm³/mol. The summed E-state index contributed by atoms with van der Waals surface area (Å²) in [5.41, 5.74) is 7.79. The van der Waals surface area contributed by atoms with Crippen molar-refractivity contribution >= 4 is 11.6 Å². The molecule has 0 aliphatic carbocycles. The predicted octanol–water partition coefficient (Wildman–Crippen LogP) is 1.94. The Morgan fingerprint density at radius 1 is 1.50 bits per heavy atom. The van der Waals surface area contributed by atoms with Gasteiger partial charge in [-0.15, -0.1) is 0 Å². The van der Waals surface area contributed by atoms with E-state index in [0.717, 1.165) is 12.0 Å². The second-order valence-electron chi connectivity index (χ2n) is 3.47. The quantitative estimate of drug-likeness (QED) is 0.803. The lowest BCUT2D eigenvalue weighted by molar-refractivity contribution is 0.272. The first-order valence-electron chi connectivity index (χ1n) is 4.78. The van der Waals surface area contributed by atoms with Gasteiger partial charge in [-0.05, 0) is 36.2 Å². The highest BCUT2D eigenvalue weighted by atomic mass is 35.5. The minimum absolute atomic E-state index is 0.121. The molecule has 2 nitrogen and oxygen atoms in total. The lowest BCUT2D eigenvalue weighted by atomic mass is 9.94. The van der Waals surface area contributed by atoms with Crippen LogP contribution in [-0.2, 0) is 6.42 Å². The highest BCUT2D eigenvalue weighted by Gasteiger charge is 2.09. The molecule has 0 saturated carbocycles. The van der Waals surface area contributed by atoms with Crippen LogP contribution in [0.25, 0.3) is 0 Å². The Morgan fingerprint density at radius 3 is 2.79 bits per heavy atom. The highest BCUT2D eigenvalue weighted by Crippen LogP contribution is 2.23. The van der Waals surface area contributed by atoms with E-state index in [0.29, 0.717) is 11.6 Å². The van der Waals surface area contributed by atoms with Gasteiger partial charge in [0.15, 0.2) is 0 Å². The second-order valence-corrected chi connectivity index (χ2v) is 3.90. The molecule has 3 heteroatoms. The van der Waals surface area contributed by atoms with Crippen molar-refractivity contribution in [3.05, 3.63) is 34.3 Å². The molecule has 0 fully saturated rings. The van der Waals surface area contributed by atoms with Crippen LogP contribution in [0.15, 0.2) is 18.2 Å². The summed E-state index contributed by atoms with van der Waals surface area (Å²) in [6.45, 7) is 2.73. The Morgan fingerprint density at radius 2 is 2.21 bits per heavy atom. The zero-order valence-corrected chi connectivity index (χ0v) is 9.09. The minimum Gasteiger partial charge on any atom is -0.396 e. The molecule has 0 aliphatic heterocycles. The van der Waals surface area contributed by atoms with E-state index in [1.54, 1.807) is 0 Å². The molecule has 0 aliphatic rings. The van der Waals surface area contributed by atoms with Gasteiger partial charge in [-0.3, -0.25) is 0 Å². The first-order chi connectivity index (χ1) is 6.69. The van der Waals surface area contributed by atoms with E-state index in [-0.39, 0.29) is 12.5 Å². The lowest BCUT2D eigenvalue weighted by Gasteiger charge is -2.14. The Labute approximate surface area is 89.7 Å². The standard InChI is InChI=1S/C11H16ClNO/c1-8(7-14)11-6-10(12)3-2-9(11)4-5-13/h2-3,6,8,14H,4-5,7,13H2,1H3/t8-/m0/s1. The molecular weight excluding hydrogens is 198 g/mol. The molecule has 1 rings (SSSR count). The van der Waals surface area contributed by atoms with Gasteiger partial charge in [0, 0.05) is 17.5 Å². The lowest BCUT2D eigenvalue weighted by Crippen LogP contribution is -2.08. The van der Waals surface area contributed by atoms with Gasteiger partial charge in [0.05, 0.1) is 0 Å². The third-order valence-electron chi connectivity index (χ3n) is 2.33. The molecule has 14 heavy (non-hydrogen) atoms. The first-order valence-corrected chi connectivity index (χ1v) is 5.16. The number of rotatable bonds is 4. The maximum absolute atomic E-state index is 9.10.